The van der Waals surface area contributed by atoms with Crippen molar-refractivity contribution in [2.24, 2.45) is 0 Å². The summed E-state index contributed by atoms with van der Waals surface area (Å²) in [6.07, 6.45) is 1.31. The van der Waals surface area contributed by atoms with Gasteiger partial charge in [0.25, 0.3) is 0 Å². The Kier molecular flexibility index (Phi) is 5.62. The third kappa shape index (κ3) is 3.90. The number of aromatic nitrogens is 2. The maximum Gasteiger partial charge on any atom is 0.441 e. The number of halogens is 1. The summed E-state index contributed by atoms with van der Waals surface area (Å²) in [6, 6.07) is 17.4. The van der Waals surface area contributed by atoms with Gasteiger partial charge in [-0.2, -0.15) is 0 Å². The molecule has 0 saturated carbocycles. The monoisotopic (exact) mass is 399 g/mol. The molecule has 6 nitrogen and oxygen atoms in total. The predicted molar refractivity (Wildman–Crippen MR) is 107 cm³/mol. The Morgan fingerprint density at radius 3 is 2.68 bits per heavy atom. The van der Waals surface area contributed by atoms with Crippen molar-refractivity contribution in [1.82, 2.24) is 14.6 Å². The van der Waals surface area contributed by atoms with Gasteiger partial charge in [0.15, 0.2) is 5.82 Å². The van der Waals surface area contributed by atoms with Crippen LogP contribution in [0.5, 0.6) is 0 Å². The minimum atomic E-state index is -0.734. The van der Waals surface area contributed by atoms with E-state index in [1.54, 1.807) is 0 Å². The number of aliphatic hydroxyl groups is 1. The molecule has 1 aliphatic heterocycles. The molecule has 2 aromatic carbocycles. The third-order valence-corrected chi connectivity index (χ3v) is 5.53. The van der Waals surface area contributed by atoms with Gasteiger partial charge >= 0.3 is 5.76 Å². The van der Waals surface area contributed by atoms with Gasteiger partial charge in [0, 0.05) is 23.2 Å². The zero-order valence-corrected chi connectivity index (χ0v) is 16.1. The molecule has 0 amide bonds. The van der Waals surface area contributed by atoms with Crippen LogP contribution in [-0.2, 0) is 6.54 Å². The number of benzene rings is 2. The minimum absolute atomic E-state index is 0.123. The summed E-state index contributed by atoms with van der Waals surface area (Å²) in [5.41, 5.74) is 1.86. The number of hydrogen-bond donors (Lipinski definition) is 1. The molecule has 0 radical (unpaired) electrons. The Hall–Kier alpha value is -2.41. The number of β-amino-alcohol motifs (C(OH)–C–C–N with tert-alkyl or cyclic N) is 1. The summed E-state index contributed by atoms with van der Waals surface area (Å²) in [4.78, 5) is 14.3. The molecule has 2 unspecified atom stereocenters. The summed E-state index contributed by atoms with van der Waals surface area (Å²) in [5.74, 6) is -0.143. The smallest absolute Gasteiger partial charge is 0.390 e. The second-order valence-electron chi connectivity index (χ2n) is 7.08. The number of aliphatic hydroxyl groups excluding tert-OH is 1. The third-order valence-electron chi connectivity index (χ3n) is 5.18. The quantitative estimate of drug-likeness (QED) is 0.688. The summed E-state index contributed by atoms with van der Waals surface area (Å²) < 4.78 is 6.23. The second-order valence-corrected chi connectivity index (χ2v) is 7.48. The highest BCUT2D eigenvalue weighted by atomic mass is 35.5. The van der Waals surface area contributed by atoms with Gasteiger partial charge in [-0.1, -0.05) is 65.3 Å². The molecule has 1 aliphatic rings. The summed E-state index contributed by atoms with van der Waals surface area (Å²) >= 11 is 6.38. The second kappa shape index (κ2) is 8.31. The standard InChI is InChI=1S/C21H22ClN3O3/c22-18-10-5-4-9-17(18)19-11-6-12-24(19)13-16(26)14-25-20(23-28-21(25)27)15-7-2-1-3-8-15/h1-5,7-10,16,19,26H,6,11-14H2. The SMILES string of the molecule is O=c1onc(-c2ccccc2)n1CC(O)CN1CCCC1c1ccccc1Cl. The van der Waals surface area contributed by atoms with Gasteiger partial charge in [-0.15, -0.1) is 0 Å². The van der Waals surface area contributed by atoms with Crippen LogP contribution in [0.1, 0.15) is 24.4 Å². The van der Waals surface area contributed by atoms with Gasteiger partial charge in [-0.3, -0.25) is 14.0 Å². The van der Waals surface area contributed by atoms with E-state index in [-0.39, 0.29) is 12.6 Å². The van der Waals surface area contributed by atoms with Crippen molar-refractivity contribution in [3.05, 3.63) is 75.7 Å². The Labute approximate surface area is 168 Å². The van der Waals surface area contributed by atoms with Crippen molar-refractivity contribution < 1.29 is 9.63 Å². The lowest BCUT2D eigenvalue weighted by Gasteiger charge is -2.27. The molecule has 4 rings (SSSR count). The zero-order valence-electron chi connectivity index (χ0n) is 15.4. The summed E-state index contributed by atoms with van der Waals surface area (Å²) in [6.45, 7) is 1.46. The van der Waals surface area contributed by atoms with Crippen LogP contribution in [0.25, 0.3) is 11.4 Å². The van der Waals surface area contributed by atoms with Gasteiger partial charge in [0.05, 0.1) is 12.6 Å². The molecule has 0 bridgehead atoms. The maximum atomic E-state index is 12.1. The fourth-order valence-corrected chi connectivity index (χ4v) is 4.17. The first-order valence-electron chi connectivity index (χ1n) is 9.42. The fraction of sp³-hybridized carbons (Fsp3) is 0.333. The molecule has 1 saturated heterocycles. The Bertz CT molecular complexity index is 986. The van der Waals surface area contributed by atoms with Crippen molar-refractivity contribution in [3.63, 3.8) is 0 Å². The van der Waals surface area contributed by atoms with Gasteiger partial charge in [-0.05, 0) is 31.0 Å². The van der Waals surface area contributed by atoms with Crippen molar-refractivity contribution >= 4 is 11.6 Å². The van der Waals surface area contributed by atoms with E-state index in [1.807, 2.05) is 54.6 Å². The Morgan fingerprint density at radius 2 is 1.89 bits per heavy atom. The maximum absolute atomic E-state index is 12.1. The Balaban J connectivity index is 1.50. The van der Waals surface area contributed by atoms with Crippen LogP contribution in [0.2, 0.25) is 5.02 Å². The van der Waals surface area contributed by atoms with Crippen LogP contribution in [0.3, 0.4) is 0 Å². The molecular weight excluding hydrogens is 378 g/mol. The highest BCUT2D eigenvalue weighted by Crippen LogP contribution is 2.35. The number of rotatable bonds is 6. The van der Waals surface area contributed by atoms with E-state index in [9.17, 15) is 9.90 Å². The molecule has 2 atom stereocenters. The van der Waals surface area contributed by atoms with Crippen LogP contribution < -0.4 is 5.76 Å². The molecule has 1 N–H and O–H groups in total. The van der Waals surface area contributed by atoms with Crippen LogP contribution in [0, 0.1) is 0 Å². The summed E-state index contributed by atoms with van der Waals surface area (Å²) in [7, 11) is 0. The lowest BCUT2D eigenvalue weighted by atomic mass is 10.0. The average Bonchev–Trinajstić information content (AvgIpc) is 3.30. The van der Waals surface area contributed by atoms with Crippen LogP contribution in [0.15, 0.2) is 63.9 Å². The van der Waals surface area contributed by atoms with Crippen molar-refractivity contribution in [2.45, 2.75) is 31.5 Å². The van der Waals surface area contributed by atoms with E-state index >= 15 is 0 Å². The van der Waals surface area contributed by atoms with Gasteiger partial charge in [0.1, 0.15) is 0 Å². The molecule has 7 heteroatoms. The number of nitrogens with zero attached hydrogens (tertiary/aromatic N) is 3. The van der Waals surface area contributed by atoms with Gasteiger partial charge in [-0.25, -0.2) is 4.79 Å². The van der Waals surface area contributed by atoms with E-state index in [2.05, 4.69) is 10.1 Å². The van der Waals surface area contributed by atoms with E-state index in [1.165, 1.54) is 4.57 Å². The highest BCUT2D eigenvalue weighted by Gasteiger charge is 2.29. The largest absolute Gasteiger partial charge is 0.441 e. The van der Waals surface area contributed by atoms with Gasteiger partial charge < -0.3 is 5.11 Å². The molecule has 0 aliphatic carbocycles. The molecule has 28 heavy (non-hydrogen) atoms. The number of likely N-dealkylation sites (tertiary alicyclic amines) is 1. The van der Waals surface area contributed by atoms with Gasteiger partial charge in [0.2, 0.25) is 0 Å². The van der Waals surface area contributed by atoms with Crippen LogP contribution in [0.4, 0.5) is 0 Å². The molecule has 2 heterocycles. The first-order chi connectivity index (χ1) is 13.6. The van der Waals surface area contributed by atoms with E-state index in [0.717, 1.165) is 35.5 Å². The van der Waals surface area contributed by atoms with E-state index in [4.69, 9.17) is 16.1 Å². The average molecular weight is 400 g/mol. The lowest BCUT2D eigenvalue weighted by molar-refractivity contribution is 0.0906. The molecule has 1 fully saturated rings. The molecule has 1 aromatic heterocycles. The number of hydrogen-bond acceptors (Lipinski definition) is 5. The highest BCUT2D eigenvalue weighted by molar-refractivity contribution is 6.31. The van der Waals surface area contributed by atoms with Crippen molar-refractivity contribution in [1.29, 1.82) is 0 Å². The normalized spacial score (nSPS) is 18.4. The molecule has 3 aromatic rings. The first kappa shape index (κ1) is 18.9. The molecule has 146 valence electrons. The van der Waals surface area contributed by atoms with E-state index < -0.39 is 11.9 Å². The zero-order chi connectivity index (χ0) is 19.5. The fourth-order valence-electron chi connectivity index (χ4n) is 3.91. The first-order valence-corrected chi connectivity index (χ1v) is 9.80. The topological polar surface area (TPSA) is 71.5 Å². The molecule has 0 spiro atoms. The summed E-state index contributed by atoms with van der Waals surface area (Å²) in [5, 5.41) is 15.3. The van der Waals surface area contributed by atoms with Crippen molar-refractivity contribution in [3.8, 4) is 11.4 Å². The minimum Gasteiger partial charge on any atom is -0.390 e. The van der Waals surface area contributed by atoms with Crippen molar-refractivity contribution in [2.75, 3.05) is 13.1 Å². The Morgan fingerprint density at radius 1 is 1.14 bits per heavy atom. The predicted octanol–water partition coefficient (Wildman–Crippen LogP) is 3.35. The molecular formula is C21H22ClN3O3. The lowest BCUT2D eigenvalue weighted by Crippen LogP contribution is -2.36. The van der Waals surface area contributed by atoms with Crippen LogP contribution >= 0.6 is 11.6 Å². The van der Waals surface area contributed by atoms with E-state index in [0.29, 0.717) is 12.4 Å². The van der Waals surface area contributed by atoms with Crippen LogP contribution in [-0.4, -0.2) is 38.9 Å².